The number of aliphatic hydroxyl groups is 1. The van der Waals surface area contributed by atoms with Crippen LogP contribution in [0.4, 0.5) is 4.79 Å². The van der Waals surface area contributed by atoms with Crippen LogP contribution in [0.2, 0.25) is 0 Å². The second kappa shape index (κ2) is 8.08. The van der Waals surface area contributed by atoms with Crippen molar-refractivity contribution in [1.29, 1.82) is 0 Å². The molecule has 2 aromatic heterocycles. The third-order valence-corrected chi connectivity index (χ3v) is 5.56. The van der Waals surface area contributed by atoms with E-state index >= 15 is 0 Å². The predicted octanol–water partition coefficient (Wildman–Crippen LogP) is 1.02. The van der Waals surface area contributed by atoms with Gasteiger partial charge < -0.3 is 19.9 Å². The molecule has 2 aromatic rings. The van der Waals surface area contributed by atoms with E-state index in [1.807, 2.05) is 35.0 Å². The fraction of sp³-hybridized carbons (Fsp3) is 0.667. The summed E-state index contributed by atoms with van der Waals surface area (Å²) in [7, 11) is 1.86. The Balaban J connectivity index is 1.55. The monoisotopic (exact) mass is 375 g/mol. The van der Waals surface area contributed by atoms with Crippen molar-refractivity contribution in [2.45, 2.75) is 52.7 Å². The van der Waals surface area contributed by atoms with Gasteiger partial charge in [-0.3, -0.25) is 4.68 Å². The number of nitrogens with one attached hydrogen (secondary N) is 1. The van der Waals surface area contributed by atoms with Gasteiger partial charge in [-0.15, -0.1) is 10.2 Å². The first-order valence-corrected chi connectivity index (χ1v) is 9.44. The van der Waals surface area contributed by atoms with Crippen LogP contribution in [0.25, 0.3) is 0 Å². The van der Waals surface area contributed by atoms with E-state index in [0.29, 0.717) is 25.5 Å². The lowest BCUT2D eigenvalue weighted by atomic mass is 9.97. The molecule has 1 atom stereocenters. The highest BCUT2D eigenvalue weighted by atomic mass is 16.3. The summed E-state index contributed by atoms with van der Waals surface area (Å²) >= 11 is 0. The summed E-state index contributed by atoms with van der Waals surface area (Å²) in [5.74, 6) is 1.52. The molecule has 1 aliphatic rings. The Labute approximate surface area is 159 Å². The first-order valence-electron chi connectivity index (χ1n) is 9.44. The molecule has 0 aliphatic carbocycles. The molecule has 3 heterocycles. The zero-order valence-corrected chi connectivity index (χ0v) is 16.6. The second-order valence-corrected chi connectivity index (χ2v) is 7.23. The van der Waals surface area contributed by atoms with Crippen molar-refractivity contribution < 1.29 is 9.90 Å². The van der Waals surface area contributed by atoms with Crippen molar-refractivity contribution >= 4 is 6.03 Å². The predicted molar refractivity (Wildman–Crippen MR) is 100 cm³/mol. The van der Waals surface area contributed by atoms with Crippen LogP contribution in [0.3, 0.4) is 0 Å². The average molecular weight is 375 g/mol. The minimum Gasteiger partial charge on any atom is -0.388 e. The van der Waals surface area contributed by atoms with Gasteiger partial charge in [-0.1, -0.05) is 0 Å². The third kappa shape index (κ3) is 3.97. The minimum absolute atomic E-state index is 0.0532. The zero-order chi connectivity index (χ0) is 19.6. The first kappa shape index (κ1) is 19.3. The molecule has 0 bridgehead atoms. The lowest BCUT2D eigenvalue weighted by Gasteiger charge is -2.32. The van der Waals surface area contributed by atoms with E-state index in [-0.39, 0.29) is 18.6 Å². The van der Waals surface area contributed by atoms with Gasteiger partial charge in [0.2, 0.25) is 0 Å². The molecule has 1 aliphatic heterocycles. The second-order valence-electron chi connectivity index (χ2n) is 7.23. The van der Waals surface area contributed by atoms with Gasteiger partial charge in [0.25, 0.3) is 0 Å². The maximum Gasteiger partial charge on any atom is 0.317 e. The van der Waals surface area contributed by atoms with Crippen molar-refractivity contribution in [3.63, 3.8) is 0 Å². The fourth-order valence-corrected chi connectivity index (χ4v) is 3.63. The smallest absolute Gasteiger partial charge is 0.317 e. The van der Waals surface area contributed by atoms with Crippen LogP contribution in [0, 0.1) is 20.8 Å². The van der Waals surface area contributed by atoms with Crippen molar-refractivity contribution in [2.24, 2.45) is 7.05 Å². The topological polar surface area (TPSA) is 101 Å². The standard InChI is InChI=1S/C18H29N7O2/c1-12-13(2)22-25(14(12)3)9-7-19-18(27)24-8-5-6-15(10-24)17-21-20-16(11-26)23(17)4/h15,26H,5-11H2,1-4H3,(H,19,27)/t15-/m1/s1. The van der Waals surface area contributed by atoms with Gasteiger partial charge in [0.1, 0.15) is 12.4 Å². The summed E-state index contributed by atoms with van der Waals surface area (Å²) in [6.45, 7) is 8.54. The molecule has 0 unspecified atom stereocenters. The Morgan fingerprint density at radius 2 is 2.07 bits per heavy atom. The van der Waals surface area contributed by atoms with Crippen LogP contribution in [0.15, 0.2) is 0 Å². The quantitative estimate of drug-likeness (QED) is 0.812. The summed E-state index contributed by atoms with van der Waals surface area (Å²) < 4.78 is 3.77. The van der Waals surface area contributed by atoms with Crippen molar-refractivity contribution in [1.82, 2.24) is 34.8 Å². The summed E-state index contributed by atoms with van der Waals surface area (Å²) in [5.41, 5.74) is 3.37. The van der Waals surface area contributed by atoms with Gasteiger partial charge in [-0.25, -0.2) is 4.79 Å². The normalized spacial score (nSPS) is 17.4. The van der Waals surface area contributed by atoms with E-state index in [9.17, 15) is 9.90 Å². The van der Waals surface area contributed by atoms with E-state index in [1.165, 1.54) is 5.56 Å². The minimum atomic E-state index is -0.133. The van der Waals surface area contributed by atoms with E-state index in [0.717, 1.165) is 36.6 Å². The molecule has 1 saturated heterocycles. The average Bonchev–Trinajstić information content (AvgIpc) is 3.16. The molecule has 9 heteroatoms. The Kier molecular flexibility index (Phi) is 5.79. The Morgan fingerprint density at radius 3 is 2.70 bits per heavy atom. The first-order chi connectivity index (χ1) is 12.9. The molecular formula is C18H29N7O2. The number of aromatic nitrogens is 5. The molecule has 2 amide bonds. The largest absolute Gasteiger partial charge is 0.388 e. The number of amides is 2. The molecule has 0 spiro atoms. The van der Waals surface area contributed by atoms with Crippen molar-refractivity contribution in [2.75, 3.05) is 19.6 Å². The highest BCUT2D eigenvalue weighted by Crippen LogP contribution is 2.25. The van der Waals surface area contributed by atoms with Crippen LogP contribution in [-0.2, 0) is 20.2 Å². The molecule has 0 saturated carbocycles. The van der Waals surface area contributed by atoms with Crippen molar-refractivity contribution in [3.8, 4) is 0 Å². The lowest BCUT2D eigenvalue weighted by Crippen LogP contribution is -2.46. The van der Waals surface area contributed by atoms with Crippen LogP contribution < -0.4 is 5.32 Å². The van der Waals surface area contributed by atoms with E-state index in [2.05, 4.69) is 27.5 Å². The zero-order valence-electron chi connectivity index (χ0n) is 16.6. The van der Waals surface area contributed by atoms with E-state index in [1.54, 1.807) is 0 Å². The molecule has 1 fully saturated rings. The van der Waals surface area contributed by atoms with Gasteiger partial charge >= 0.3 is 6.03 Å². The highest BCUT2D eigenvalue weighted by Gasteiger charge is 2.28. The van der Waals surface area contributed by atoms with E-state index < -0.39 is 0 Å². The Hall–Kier alpha value is -2.42. The third-order valence-electron chi connectivity index (χ3n) is 5.56. The number of aliphatic hydroxyl groups excluding tert-OH is 1. The SMILES string of the molecule is Cc1nn(CCNC(=O)N2CCC[C@@H](c3nnc(CO)n3C)C2)c(C)c1C. The molecule has 3 rings (SSSR count). The summed E-state index contributed by atoms with van der Waals surface area (Å²) in [6, 6.07) is -0.0532. The molecule has 0 radical (unpaired) electrons. The lowest BCUT2D eigenvalue weighted by molar-refractivity contribution is 0.177. The fourth-order valence-electron chi connectivity index (χ4n) is 3.63. The number of rotatable bonds is 5. The number of carbonyl (C=O) groups is 1. The molecule has 148 valence electrons. The van der Waals surface area contributed by atoms with Gasteiger partial charge in [0.05, 0.1) is 12.2 Å². The summed E-state index contributed by atoms with van der Waals surface area (Å²) in [4.78, 5) is 14.4. The van der Waals surface area contributed by atoms with Gasteiger partial charge in [-0.05, 0) is 39.2 Å². The Morgan fingerprint density at radius 1 is 1.30 bits per heavy atom. The van der Waals surface area contributed by atoms with Crippen LogP contribution in [-0.4, -0.2) is 60.2 Å². The molecule has 27 heavy (non-hydrogen) atoms. The number of aryl methyl sites for hydroxylation is 1. The number of nitrogens with zero attached hydrogens (tertiary/aromatic N) is 6. The van der Waals surface area contributed by atoms with Gasteiger partial charge in [0, 0.05) is 38.3 Å². The molecular weight excluding hydrogens is 346 g/mol. The van der Waals surface area contributed by atoms with Crippen LogP contribution >= 0.6 is 0 Å². The number of urea groups is 1. The van der Waals surface area contributed by atoms with Gasteiger partial charge in [0.15, 0.2) is 5.82 Å². The molecule has 2 N–H and O–H groups in total. The molecule has 0 aromatic carbocycles. The summed E-state index contributed by atoms with van der Waals surface area (Å²) in [5, 5.41) is 25.0. The highest BCUT2D eigenvalue weighted by molar-refractivity contribution is 5.74. The Bertz CT molecular complexity index is 811. The van der Waals surface area contributed by atoms with Crippen LogP contribution in [0.1, 0.15) is 47.4 Å². The number of carbonyl (C=O) groups excluding carboxylic acids is 1. The number of hydrogen-bond acceptors (Lipinski definition) is 5. The number of hydrogen-bond donors (Lipinski definition) is 2. The van der Waals surface area contributed by atoms with Gasteiger partial charge in [-0.2, -0.15) is 5.10 Å². The maximum atomic E-state index is 12.6. The molecule has 9 nitrogen and oxygen atoms in total. The van der Waals surface area contributed by atoms with E-state index in [4.69, 9.17) is 0 Å². The number of likely N-dealkylation sites (tertiary alicyclic amines) is 1. The summed E-state index contributed by atoms with van der Waals surface area (Å²) in [6.07, 6.45) is 1.89. The van der Waals surface area contributed by atoms with Crippen LogP contribution in [0.5, 0.6) is 0 Å². The van der Waals surface area contributed by atoms with Crippen molar-refractivity contribution in [3.05, 3.63) is 28.6 Å². The maximum absolute atomic E-state index is 12.6. The number of piperidine rings is 1.